The van der Waals surface area contributed by atoms with Crippen LogP contribution in [0.1, 0.15) is 77.2 Å². The summed E-state index contributed by atoms with van der Waals surface area (Å²) < 4.78 is 78.7. The van der Waals surface area contributed by atoms with Gasteiger partial charge in [0.25, 0.3) is 0 Å². The summed E-state index contributed by atoms with van der Waals surface area (Å²) >= 11 is 0. The molecule has 0 aliphatic heterocycles. The maximum atomic E-state index is 15.1. The van der Waals surface area contributed by atoms with Crippen LogP contribution < -0.4 is 9.47 Å². The largest absolute Gasteiger partial charge is 0.573 e. The van der Waals surface area contributed by atoms with Crippen molar-refractivity contribution in [2.45, 2.75) is 84.4 Å². The minimum atomic E-state index is -5.06. The van der Waals surface area contributed by atoms with Gasteiger partial charge in [-0.05, 0) is 54.2 Å². The molecular formula is C26H33F5O2. The number of rotatable bonds is 10. The van der Waals surface area contributed by atoms with Crippen molar-refractivity contribution < 1.29 is 31.4 Å². The molecule has 1 aliphatic rings. The lowest BCUT2D eigenvalue weighted by atomic mass is 9.78. The Kier molecular flexibility index (Phi) is 8.82. The molecule has 2 nitrogen and oxygen atoms in total. The van der Waals surface area contributed by atoms with Gasteiger partial charge in [0.15, 0.2) is 23.1 Å². The van der Waals surface area contributed by atoms with Crippen LogP contribution in [0.3, 0.4) is 0 Å². The summed E-state index contributed by atoms with van der Waals surface area (Å²) in [6.07, 6.45) is 4.36. The molecule has 3 rings (SSSR count). The van der Waals surface area contributed by atoms with Gasteiger partial charge < -0.3 is 9.47 Å². The predicted octanol–water partition coefficient (Wildman–Crippen LogP) is 8.73. The zero-order valence-corrected chi connectivity index (χ0v) is 19.4. The first-order valence-electron chi connectivity index (χ1n) is 12.1. The van der Waals surface area contributed by atoms with E-state index in [-0.39, 0.29) is 23.3 Å². The van der Waals surface area contributed by atoms with Crippen molar-refractivity contribution >= 4 is 10.8 Å². The number of unbranched alkanes of at least 4 members (excludes halogenated alkanes) is 1. The van der Waals surface area contributed by atoms with E-state index < -0.39 is 29.1 Å². The Morgan fingerprint density at radius 3 is 2.18 bits per heavy atom. The van der Waals surface area contributed by atoms with Crippen molar-refractivity contribution in [2.24, 2.45) is 11.8 Å². The van der Waals surface area contributed by atoms with E-state index in [1.165, 1.54) is 43.9 Å². The number of hydrogen-bond acceptors (Lipinski definition) is 2. The molecule has 0 spiro atoms. The SMILES string of the molecule is CCCCOc1ccc2cc(CCC3CCC(CCC)CC3)c(F)c(F)c2c1OC(F)(F)F. The maximum Gasteiger partial charge on any atom is 0.573 e. The van der Waals surface area contributed by atoms with E-state index in [1.807, 2.05) is 6.92 Å². The van der Waals surface area contributed by atoms with Gasteiger partial charge >= 0.3 is 6.36 Å². The van der Waals surface area contributed by atoms with Crippen molar-refractivity contribution in [3.63, 3.8) is 0 Å². The summed E-state index contributed by atoms with van der Waals surface area (Å²) in [5, 5.41) is -0.375. The van der Waals surface area contributed by atoms with Gasteiger partial charge in [-0.3, -0.25) is 0 Å². The predicted molar refractivity (Wildman–Crippen MR) is 120 cm³/mol. The molecule has 1 aliphatic carbocycles. The number of fused-ring (bicyclic) bond motifs is 1. The third kappa shape index (κ3) is 6.73. The molecule has 0 unspecified atom stereocenters. The second-order valence-corrected chi connectivity index (χ2v) is 9.12. The molecule has 0 atom stereocenters. The van der Waals surface area contributed by atoms with Crippen LogP contribution in [0.4, 0.5) is 22.0 Å². The molecule has 1 fully saturated rings. The van der Waals surface area contributed by atoms with Crippen LogP contribution in [0.25, 0.3) is 10.8 Å². The molecule has 0 amide bonds. The summed E-state index contributed by atoms with van der Waals surface area (Å²) in [4.78, 5) is 0. The standard InChI is InChI=1S/C26H33F5O2/c1-3-5-15-32-21-14-13-19-16-20(12-11-18-9-7-17(6-4-2)8-10-18)23(27)24(28)22(19)25(21)33-26(29,30)31/h13-14,16-18H,3-12,15H2,1-2H3. The molecular weight excluding hydrogens is 439 g/mol. The number of benzene rings is 2. The van der Waals surface area contributed by atoms with Gasteiger partial charge in [-0.1, -0.05) is 64.9 Å². The number of ether oxygens (including phenoxy) is 2. The Morgan fingerprint density at radius 1 is 0.909 bits per heavy atom. The summed E-state index contributed by atoms with van der Waals surface area (Å²) in [6.45, 7) is 4.25. The third-order valence-electron chi connectivity index (χ3n) is 6.64. The molecule has 184 valence electrons. The van der Waals surface area contributed by atoms with Gasteiger partial charge in [-0.15, -0.1) is 13.2 Å². The van der Waals surface area contributed by atoms with Crippen molar-refractivity contribution in [1.29, 1.82) is 0 Å². The van der Waals surface area contributed by atoms with Crippen LogP contribution >= 0.6 is 0 Å². The lowest BCUT2D eigenvalue weighted by Gasteiger charge is -2.28. The van der Waals surface area contributed by atoms with E-state index in [0.29, 0.717) is 18.8 Å². The number of hydrogen-bond donors (Lipinski definition) is 0. The number of aryl methyl sites for hydroxylation is 1. The second kappa shape index (κ2) is 11.4. The first-order valence-corrected chi connectivity index (χ1v) is 12.1. The molecule has 0 N–H and O–H groups in total. The quantitative estimate of drug-likeness (QED) is 0.254. The van der Waals surface area contributed by atoms with Gasteiger partial charge in [0, 0.05) is 0 Å². The van der Waals surface area contributed by atoms with Crippen LogP contribution in [-0.2, 0) is 6.42 Å². The Labute approximate surface area is 192 Å². The van der Waals surface area contributed by atoms with Crippen LogP contribution in [0.5, 0.6) is 11.5 Å². The highest BCUT2D eigenvalue weighted by Gasteiger charge is 2.35. The fraction of sp³-hybridized carbons (Fsp3) is 0.615. The molecule has 2 aromatic rings. The second-order valence-electron chi connectivity index (χ2n) is 9.12. The van der Waals surface area contributed by atoms with Crippen LogP contribution in [0.2, 0.25) is 0 Å². The molecule has 2 aromatic carbocycles. The highest BCUT2D eigenvalue weighted by molar-refractivity contribution is 5.92. The van der Waals surface area contributed by atoms with Crippen LogP contribution in [0.15, 0.2) is 18.2 Å². The summed E-state index contributed by atoms with van der Waals surface area (Å²) in [5.74, 6) is -2.28. The van der Waals surface area contributed by atoms with E-state index in [4.69, 9.17) is 4.74 Å². The zero-order valence-electron chi connectivity index (χ0n) is 19.4. The maximum absolute atomic E-state index is 15.1. The van der Waals surface area contributed by atoms with E-state index in [1.54, 1.807) is 0 Å². The molecule has 0 aromatic heterocycles. The van der Waals surface area contributed by atoms with E-state index in [0.717, 1.165) is 31.6 Å². The summed E-state index contributed by atoms with van der Waals surface area (Å²) in [6, 6.07) is 4.23. The van der Waals surface area contributed by atoms with Crippen molar-refractivity contribution in [2.75, 3.05) is 6.61 Å². The van der Waals surface area contributed by atoms with E-state index in [9.17, 15) is 17.6 Å². The summed E-state index contributed by atoms with van der Waals surface area (Å²) in [5.41, 5.74) is 0.188. The van der Waals surface area contributed by atoms with E-state index >= 15 is 4.39 Å². The first-order chi connectivity index (χ1) is 15.7. The molecule has 0 bridgehead atoms. The monoisotopic (exact) mass is 472 g/mol. The van der Waals surface area contributed by atoms with Gasteiger partial charge in [-0.25, -0.2) is 8.78 Å². The lowest BCUT2D eigenvalue weighted by Crippen LogP contribution is -2.18. The third-order valence-corrected chi connectivity index (χ3v) is 6.64. The fourth-order valence-corrected chi connectivity index (χ4v) is 4.84. The average Bonchev–Trinajstić information content (AvgIpc) is 2.76. The van der Waals surface area contributed by atoms with Crippen LogP contribution in [-0.4, -0.2) is 13.0 Å². The zero-order chi connectivity index (χ0) is 24.0. The molecule has 0 saturated heterocycles. The minimum absolute atomic E-state index is 0.152. The molecule has 33 heavy (non-hydrogen) atoms. The molecule has 1 saturated carbocycles. The number of alkyl halides is 3. The fourth-order valence-electron chi connectivity index (χ4n) is 4.84. The Bertz CT molecular complexity index is 917. The Hall–Kier alpha value is -2.05. The lowest BCUT2D eigenvalue weighted by molar-refractivity contribution is -0.274. The molecule has 0 radical (unpaired) electrons. The van der Waals surface area contributed by atoms with Crippen molar-refractivity contribution in [1.82, 2.24) is 0 Å². The first kappa shape index (κ1) is 25.6. The minimum Gasteiger partial charge on any atom is -0.490 e. The highest BCUT2D eigenvalue weighted by atomic mass is 19.4. The van der Waals surface area contributed by atoms with Gasteiger partial charge in [0.1, 0.15) is 0 Å². The molecule has 0 heterocycles. The topological polar surface area (TPSA) is 18.5 Å². The van der Waals surface area contributed by atoms with Crippen LogP contribution in [0, 0.1) is 23.5 Å². The van der Waals surface area contributed by atoms with Gasteiger partial charge in [0.2, 0.25) is 0 Å². The summed E-state index contributed by atoms with van der Waals surface area (Å²) in [7, 11) is 0. The van der Waals surface area contributed by atoms with E-state index in [2.05, 4.69) is 11.7 Å². The van der Waals surface area contributed by atoms with Gasteiger partial charge in [-0.2, -0.15) is 0 Å². The Morgan fingerprint density at radius 2 is 1.58 bits per heavy atom. The average molecular weight is 473 g/mol. The normalized spacial score (nSPS) is 19.1. The molecule has 7 heteroatoms. The van der Waals surface area contributed by atoms with Crippen molar-refractivity contribution in [3.8, 4) is 11.5 Å². The number of halogens is 5. The Balaban J connectivity index is 1.84. The highest BCUT2D eigenvalue weighted by Crippen LogP contribution is 2.42. The van der Waals surface area contributed by atoms with Crippen molar-refractivity contribution in [3.05, 3.63) is 35.4 Å². The smallest absolute Gasteiger partial charge is 0.490 e. The van der Waals surface area contributed by atoms with Gasteiger partial charge in [0.05, 0.1) is 12.0 Å².